The van der Waals surface area contributed by atoms with E-state index in [4.69, 9.17) is 0 Å². The van der Waals surface area contributed by atoms with Crippen molar-refractivity contribution in [2.75, 3.05) is 13.1 Å². The van der Waals surface area contributed by atoms with Gasteiger partial charge in [0.1, 0.15) is 17.4 Å². The number of benzene rings is 1. The van der Waals surface area contributed by atoms with Gasteiger partial charge in [-0.15, -0.1) is 10.2 Å². The van der Waals surface area contributed by atoms with E-state index in [2.05, 4.69) is 20.2 Å². The average Bonchev–Trinajstić information content (AvgIpc) is 3.21. The molecule has 1 unspecified atom stereocenters. The number of hydrogen-bond acceptors (Lipinski definition) is 5. The van der Waals surface area contributed by atoms with Crippen LogP contribution in [0.1, 0.15) is 41.9 Å². The van der Waals surface area contributed by atoms with Gasteiger partial charge in [-0.3, -0.25) is 9.79 Å². The fourth-order valence-electron chi connectivity index (χ4n) is 3.21. The third kappa shape index (κ3) is 2.63. The van der Waals surface area contributed by atoms with E-state index in [0.29, 0.717) is 25.2 Å². The minimum atomic E-state index is -0.359. The number of carbonyl (C=O) groups is 1. The van der Waals surface area contributed by atoms with Crippen LogP contribution in [0.3, 0.4) is 0 Å². The molecule has 0 spiro atoms. The van der Waals surface area contributed by atoms with Crippen LogP contribution in [0.2, 0.25) is 0 Å². The molecule has 0 N–H and O–H groups in total. The Morgan fingerprint density at radius 2 is 1.96 bits per heavy atom. The molecule has 0 saturated carbocycles. The summed E-state index contributed by atoms with van der Waals surface area (Å²) >= 11 is 0. The van der Waals surface area contributed by atoms with E-state index in [1.165, 1.54) is 24.3 Å². The summed E-state index contributed by atoms with van der Waals surface area (Å²) in [6.07, 6.45) is 0. The number of halogens is 1. The topological polar surface area (TPSA) is 75.7 Å². The normalized spacial score (nSPS) is 19.5. The quantitative estimate of drug-likeness (QED) is 0.837. The highest BCUT2D eigenvalue weighted by atomic mass is 19.1. The number of carbonyl (C=O) groups excluding carboxylic acids is 1. The molecule has 2 aliphatic heterocycles. The van der Waals surface area contributed by atoms with Crippen LogP contribution in [0.25, 0.3) is 0 Å². The second-order valence-electron chi connectivity index (χ2n) is 6.14. The van der Waals surface area contributed by atoms with Crippen molar-refractivity contribution in [3.05, 3.63) is 47.3 Å². The molecule has 1 aromatic heterocycles. The number of fused-ring (bicyclic) bond motifs is 1. The third-order valence-electron chi connectivity index (χ3n) is 4.55. The molecule has 1 atom stereocenters. The van der Waals surface area contributed by atoms with Crippen molar-refractivity contribution < 1.29 is 9.18 Å². The Balaban J connectivity index is 1.61. The van der Waals surface area contributed by atoms with E-state index in [1.54, 1.807) is 4.90 Å². The lowest BCUT2D eigenvalue weighted by Crippen LogP contribution is -2.41. The van der Waals surface area contributed by atoms with Crippen LogP contribution in [0.5, 0.6) is 0 Å². The Morgan fingerprint density at radius 3 is 2.64 bits per heavy atom. The lowest BCUT2D eigenvalue weighted by Gasteiger charge is -2.33. The van der Waals surface area contributed by atoms with E-state index < -0.39 is 0 Å². The zero-order valence-electron chi connectivity index (χ0n) is 14.0. The van der Waals surface area contributed by atoms with Crippen molar-refractivity contribution >= 4 is 17.5 Å². The summed E-state index contributed by atoms with van der Waals surface area (Å²) in [7, 11) is 0. The first-order valence-corrected chi connectivity index (χ1v) is 8.13. The smallest absolute Gasteiger partial charge is 0.254 e. The van der Waals surface area contributed by atoms with Gasteiger partial charge in [-0.25, -0.2) is 9.38 Å². The lowest BCUT2D eigenvalue weighted by molar-refractivity contribution is 0.0637. The fourth-order valence-corrected chi connectivity index (χ4v) is 3.21. The van der Waals surface area contributed by atoms with Crippen LogP contribution in [0.15, 0.2) is 34.3 Å². The first-order chi connectivity index (χ1) is 12.0. The van der Waals surface area contributed by atoms with E-state index >= 15 is 0 Å². The molecule has 0 fully saturated rings. The molecule has 8 heteroatoms. The van der Waals surface area contributed by atoms with Gasteiger partial charge in [-0.1, -0.05) is 0 Å². The maximum absolute atomic E-state index is 13.1. The summed E-state index contributed by atoms with van der Waals surface area (Å²) in [5.74, 6) is 1.69. The van der Waals surface area contributed by atoms with Crippen molar-refractivity contribution in [3.8, 4) is 0 Å². The predicted octanol–water partition coefficient (Wildman–Crippen LogP) is 1.86. The monoisotopic (exact) mass is 340 g/mol. The van der Waals surface area contributed by atoms with Gasteiger partial charge in [0, 0.05) is 18.7 Å². The number of aromatic nitrogens is 3. The molecule has 0 bridgehead atoms. The maximum atomic E-state index is 13.1. The number of rotatable bonds is 2. The minimum Gasteiger partial charge on any atom is -0.327 e. The largest absolute Gasteiger partial charge is 0.327 e. The van der Waals surface area contributed by atoms with Gasteiger partial charge in [0.2, 0.25) is 0 Å². The predicted molar refractivity (Wildman–Crippen MR) is 90.4 cm³/mol. The highest BCUT2D eigenvalue weighted by Gasteiger charge is 2.33. The van der Waals surface area contributed by atoms with Crippen LogP contribution in [0.4, 0.5) is 4.39 Å². The molecular weight excluding hydrogens is 323 g/mol. The maximum Gasteiger partial charge on any atom is 0.254 e. The standard InChI is InChI=1S/C17H17FN6O/c1-10-15-21-22-16(14-9-19-11(2)20-14)24(15)8-7-23(10)17(25)12-3-5-13(18)6-4-12/h3-6,10H,7-9H2,1-2H3. The van der Waals surface area contributed by atoms with Crippen LogP contribution in [-0.4, -0.2) is 50.2 Å². The van der Waals surface area contributed by atoms with Gasteiger partial charge in [0.15, 0.2) is 11.6 Å². The number of aliphatic imine (C=N–C) groups is 2. The molecule has 25 heavy (non-hydrogen) atoms. The second kappa shape index (κ2) is 5.87. The second-order valence-corrected chi connectivity index (χ2v) is 6.14. The molecule has 1 amide bonds. The highest BCUT2D eigenvalue weighted by molar-refractivity contribution is 6.10. The van der Waals surface area contributed by atoms with Crippen LogP contribution < -0.4 is 0 Å². The summed E-state index contributed by atoms with van der Waals surface area (Å²) in [4.78, 5) is 23.1. The lowest BCUT2D eigenvalue weighted by atomic mass is 10.1. The average molecular weight is 340 g/mol. The number of amidine groups is 1. The number of nitrogens with zero attached hydrogens (tertiary/aromatic N) is 6. The van der Waals surface area contributed by atoms with Crippen molar-refractivity contribution in [2.24, 2.45) is 9.98 Å². The van der Waals surface area contributed by atoms with Gasteiger partial charge in [0.25, 0.3) is 5.91 Å². The van der Waals surface area contributed by atoms with Crippen molar-refractivity contribution in [2.45, 2.75) is 26.4 Å². The van der Waals surface area contributed by atoms with Gasteiger partial charge >= 0.3 is 0 Å². The SMILES string of the molecule is CC1=NCC(c2nnc3n2CCN(C(=O)c2ccc(F)cc2)C3C)=N1. The Morgan fingerprint density at radius 1 is 1.20 bits per heavy atom. The summed E-state index contributed by atoms with van der Waals surface area (Å²) in [5, 5.41) is 8.54. The molecule has 2 aromatic rings. The molecule has 128 valence electrons. The molecular formula is C17H17FN6O. The van der Waals surface area contributed by atoms with Crippen molar-refractivity contribution in [1.82, 2.24) is 19.7 Å². The van der Waals surface area contributed by atoms with Gasteiger partial charge < -0.3 is 9.47 Å². The summed E-state index contributed by atoms with van der Waals surface area (Å²) in [5.41, 5.74) is 1.27. The zero-order valence-corrected chi connectivity index (χ0v) is 14.0. The molecule has 7 nitrogen and oxygen atoms in total. The van der Waals surface area contributed by atoms with Gasteiger partial charge in [-0.2, -0.15) is 0 Å². The molecule has 0 saturated heterocycles. The Kier molecular flexibility index (Phi) is 3.67. The van der Waals surface area contributed by atoms with Gasteiger partial charge in [0.05, 0.1) is 12.6 Å². The number of amides is 1. The molecule has 2 aliphatic rings. The Bertz CT molecular complexity index is 898. The van der Waals surface area contributed by atoms with E-state index in [-0.39, 0.29) is 17.8 Å². The molecule has 0 radical (unpaired) electrons. The van der Waals surface area contributed by atoms with Crippen LogP contribution in [0, 0.1) is 5.82 Å². The number of hydrogen-bond donors (Lipinski definition) is 0. The van der Waals surface area contributed by atoms with Crippen LogP contribution >= 0.6 is 0 Å². The van der Waals surface area contributed by atoms with Crippen molar-refractivity contribution in [3.63, 3.8) is 0 Å². The molecule has 0 aliphatic carbocycles. The highest BCUT2D eigenvalue weighted by Crippen LogP contribution is 2.26. The van der Waals surface area contributed by atoms with E-state index in [9.17, 15) is 9.18 Å². The first kappa shape index (κ1) is 15.6. The third-order valence-corrected chi connectivity index (χ3v) is 4.55. The summed E-state index contributed by atoms with van der Waals surface area (Å²) in [6.45, 7) is 5.40. The van der Waals surface area contributed by atoms with Gasteiger partial charge in [-0.05, 0) is 38.1 Å². The zero-order chi connectivity index (χ0) is 17.6. The summed E-state index contributed by atoms with van der Waals surface area (Å²) in [6, 6.07) is 5.37. The van der Waals surface area contributed by atoms with E-state index in [0.717, 1.165) is 23.2 Å². The van der Waals surface area contributed by atoms with Crippen molar-refractivity contribution in [1.29, 1.82) is 0 Å². The van der Waals surface area contributed by atoms with Crippen LogP contribution in [-0.2, 0) is 6.54 Å². The molecule has 4 rings (SSSR count). The summed E-state index contributed by atoms with van der Waals surface area (Å²) < 4.78 is 15.1. The molecule has 1 aromatic carbocycles. The molecule has 3 heterocycles. The Labute approximate surface area is 143 Å². The first-order valence-electron chi connectivity index (χ1n) is 8.13. The Hall–Kier alpha value is -2.90. The fraction of sp³-hybridized carbons (Fsp3) is 0.353. The minimum absolute atomic E-state index is 0.138. The van der Waals surface area contributed by atoms with E-state index in [1.807, 2.05) is 18.4 Å².